The second kappa shape index (κ2) is 4.22. The minimum absolute atomic E-state index is 0.416. The van der Waals surface area contributed by atoms with Crippen LogP contribution in [0.2, 0.25) is 5.02 Å². The first kappa shape index (κ1) is 12.5. The molecule has 2 unspecified atom stereocenters. The van der Waals surface area contributed by atoms with Crippen LogP contribution in [0.4, 0.5) is 0 Å². The molecule has 1 saturated heterocycles. The Morgan fingerprint density at radius 2 is 2.28 bits per heavy atom. The molecule has 0 radical (unpaired) electrons. The third-order valence-electron chi connectivity index (χ3n) is 4.19. The Morgan fingerprint density at radius 3 is 2.89 bits per heavy atom. The summed E-state index contributed by atoms with van der Waals surface area (Å²) in [5.74, 6) is 0. The Bertz CT molecular complexity index is 457. The van der Waals surface area contributed by atoms with Crippen LogP contribution in [-0.4, -0.2) is 38.4 Å². The first-order chi connectivity index (χ1) is 8.55. The van der Waals surface area contributed by atoms with Crippen LogP contribution in [0.5, 0.6) is 0 Å². The number of halogens is 1. The van der Waals surface area contributed by atoms with E-state index in [1.54, 1.807) is 6.20 Å². The van der Waals surface area contributed by atoms with Crippen LogP contribution in [0.15, 0.2) is 6.20 Å². The van der Waals surface area contributed by atoms with Gasteiger partial charge in [-0.1, -0.05) is 11.6 Å². The molecule has 1 N–H and O–H groups in total. The minimum atomic E-state index is -0.842. The molecule has 2 fully saturated rings. The van der Waals surface area contributed by atoms with E-state index in [0.717, 1.165) is 18.7 Å². The van der Waals surface area contributed by atoms with Gasteiger partial charge in [0.1, 0.15) is 5.60 Å². The largest absolute Gasteiger partial charge is 0.382 e. The Hall–Kier alpha value is -0.580. The van der Waals surface area contributed by atoms with Gasteiger partial charge in [-0.15, -0.1) is 0 Å². The van der Waals surface area contributed by atoms with E-state index in [1.165, 1.54) is 12.8 Å². The number of nitrogens with zero attached hydrogens (tertiary/aromatic N) is 3. The summed E-state index contributed by atoms with van der Waals surface area (Å²) in [4.78, 5) is 2.42. The van der Waals surface area contributed by atoms with E-state index in [-0.39, 0.29) is 0 Å². The lowest BCUT2D eigenvalue weighted by Crippen LogP contribution is -2.35. The van der Waals surface area contributed by atoms with Crippen molar-refractivity contribution in [1.82, 2.24) is 14.7 Å². The Kier molecular flexibility index (Phi) is 2.92. The quantitative estimate of drug-likeness (QED) is 0.913. The second-order valence-corrected chi connectivity index (χ2v) is 6.05. The summed E-state index contributed by atoms with van der Waals surface area (Å²) in [6.07, 6.45) is 4.92. The van der Waals surface area contributed by atoms with Gasteiger partial charge in [-0.25, -0.2) is 0 Å². The number of hydrogen-bond acceptors (Lipinski definition) is 3. The second-order valence-electron chi connectivity index (χ2n) is 5.65. The predicted octanol–water partition coefficient (Wildman–Crippen LogP) is 2.00. The average Bonchev–Trinajstić information content (AvgIpc) is 3.02. The average molecular weight is 270 g/mol. The lowest BCUT2D eigenvalue weighted by Gasteiger charge is -2.25. The van der Waals surface area contributed by atoms with Crippen LogP contribution in [0, 0.1) is 0 Å². The van der Waals surface area contributed by atoms with Crippen molar-refractivity contribution >= 4 is 11.6 Å². The van der Waals surface area contributed by atoms with E-state index in [9.17, 15) is 5.11 Å². The predicted molar refractivity (Wildman–Crippen MR) is 70.6 cm³/mol. The molecule has 1 aromatic heterocycles. The maximum atomic E-state index is 11.0. The number of rotatable bonds is 3. The van der Waals surface area contributed by atoms with Crippen LogP contribution >= 0.6 is 11.6 Å². The summed E-state index contributed by atoms with van der Waals surface area (Å²) < 4.78 is 1.82. The van der Waals surface area contributed by atoms with E-state index in [4.69, 9.17) is 11.6 Å². The van der Waals surface area contributed by atoms with Gasteiger partial charge >= 0.3 is 0 Å². The molecule has 0 amide bonds. The molecule has 4 nitrogen and oxygen atoms in total. The number of likely N-dealkylation sites (tertiary alicyclic amines) is 1. The highest BCUT2D eigenvalue weighted by atomic mass is 35.5. The maximum absolute atomic E-state index is 11.0. The summed E-state index contributed by atoms with van der Waals surface area (Å²) in [5.41, 5.74) is -0.0485. The van der Waals surface area contributed by atoms with Crippen LogP contribution in [0.3, 0.4) is 0 Å². The van der Waals surface area contributed by atoms with Gasteiger partial charge in [0.25, 0.3) is 0 Å². The summed E-state index contributed by atoms with van der Waals surface area (Å²) in [6.45, 7) is 5.64. The molecule has 0 spiro atoms. The molecule has 100 valence electrons. The van der Waals surface area contributed by atoms with Gasteiger partial charge < -0.3 is 5.11 Å². The lowest BCUT2D eigenvalue weighted by atomic mass is 9.96. The highest BCUT2D eigenvalue weighted by Gasteiger charge is 2.49. The number of aromatic nitrogens is 2. The van der Waals surface area contributed by atoms with Crippen LogP contribution in [-0.2, 0) is 12.1 Å². The fraction of sp³-hybridized carbons (Fsp3) is 0.769. The van der Waals surface area contributed by atoms with Crippen LogP contribution in [0.1, 0.15) is 38.8 Å². The molecule has 2 heterocycles. The standard InChI is InChI=1S/C13H20ClN3O/c1-3-17-12(11(14)7-15-17)13(18)6-9(2)16(8-13)10-4-5-10/h7,9-10,18H,3-6,8H2,1-2H3. The Labute approximate surface area is 113 Å². The molecule has 1 saturated carbocycles. The molecule has 18 heavy (non-hydrogen) atoms. The number of aryl methyl sites for hydroxylation is 1. The van der Waals surface area contributed by atoms with E-state index in [2.05, 4.69) is 16.9 Å². The summed E-state index contributed by atoms with van der Waals surface area (Å²) in [7, 11) is 0. The monoisotopic (exact) mass is 269 g/mol. The van der Waals surface area contributed by atoms with Crippen LogP contribution < -0.4 is 0 Å². The Balaban J connectivity index is 1.92. The molecule has 1 aliphatic heterocycles. The van der Waals surface area contributed by atoms with Crippen molar-refractivity contribution in [2.45, 2.75) is 57.3 Å². The van der Waals surface area contributed by atoms with Gasteiger partial charge in [0.05, 0.1) is 16.9 Å². The zero-order chi connectivity index (χ0) is 12.9. The van der Waals surface area contributed by atoms with E-state index < -0.39 is 5.60 Å². The van der Waals surface area contributed by atoms with E-state index in [1.807, 2.05) is 11.6 Å². The van der Waals surface area contributed by atoms with Crippen molar-refractivity contribution in [3.63, 3.8) is 0 Å². The molecule has 1 aromatic rings. The van der Waals surface area contributed by atoms with Crippen molar-refractivity contribution < 1.29 is 5.11 Å². The highest BCUT2D eigenvalue weighted by molar-refractivity contribution is 6.31. The van der Waals surface area contributed by atoms with Gasteiger partial charge in [0.2, 0.25) is 0 Å². The third kappa shape index (κ3) is 1.87. The molecule has 0 bridgehead atoms. The first-order valence-corrected chi connectivity index (χ1v) is 7.13. The highest BCUT2D eigenvalue weighted by Crippen LogP contribution is 2.43. The van der Waals surface area contributed by atoms with Crippen molar-refractivity contribution in [3.05, 3.63) is 16.9 Å². The van der Waals surface area contributed by atoms with E-state index in [0.29, 0.717) is 23.7 Å². The zero-order valence-electron chi connectivity index (χ0n) is 10.9. The summed E-state index contributed by atoms with van der Waals surface area (Å²) >= 11 is 6.22. The van der Waals surface area contributed by atoms with Crippen molar-refractivity contribution in [2.24, 2.45) is 0 Å². The van der Waals surface area contributed by atoms with Gasteiger partial charge in [0.15, 0.2) is 0 Å². The zero-order valence-corrected chi connectivity index (χ0v) is 11.7. The van der Waals surface area contributed by atoms with Gasteiger partial charge in [-0.2, -0.15) is 5.10 Å². The summed E-state index contributed by atoms with van der Waals surface area (Å²) in [5, 5.41) is 15.8. The van der Waals surface area contributed by atoms with Crippen molar-refractivity contribution in [2.75, 3.05) is 6.54 Å². The SMILES string of the molecule is CCn1ncc(Cl)c1C1(O)CC(C)N(C2CC2)C1. The van der Waals surface area contributed by atoms with Gasteiger partial charge in [0, 0.05) is 25.2 Å². The fourth-order valence-corrected chi connectivity index (χ4v) is 3.58. The molecule has 0 aromatic carbocycles. The van der Waals surface area contributed by atoms with Crippen molar-refractivity contribution in [3.8, 4) is 0 Å². The molecule has 1 aliphatic carbocycles. The molecular formula is C13H20ClN3O. The lowest BCUT2D eigenvalue weighted by molar-refractivity contribution is 0.0363. The number of hydrogen-bond donors (Lipinski definition) is 1. The van der Waals surface area contributed by atoms with Gasteiger partial charge in [-0.3, -0.25) is 9.58 Å². The summed E-state index contributed by atoms with van der Waals surface area (Å²) in [6, 6.07) is 1.09. The van der Waals surface area contributed by atoms with Crippen molar-refractivity contribution in [1.29, 1.82) is 0 Å². The molecular weight excluding hydrogens is 250 g/mol. The molecule has 5 heteroatoms. The number of β-amino-alcohol motifs (C(OH)–C–C–N with tert-alkyl or cyclic N) is 1. The Morgan fingerprint density at radius 1 is 1.56 bits per heavy atom. The van der Waals surface area contributed by atoms with E-state index >= 15 is 0 Å². The number of aliphatic hydroxyl groups is 1. The smallest absolute Gasteiger partial charge is 0.122 e. The minimum Gasteiger partial charge on any atom is -0.382 e. The van der Waals surface area contributed by atoms with Gasteiger partial charge in [-0.05, 0) is 33.1 Å². The fourth-order valence-electron chi connectivity index (χ4n) is 3.26. The molecule has 3 rings (SSSR count). The first-order valence-electron chi connectivity index (χ1n) is 6.75. The molecule has 2 aliphatic rings. The maximum Gasteiger partial charge on any atom is 0.122 e. The topological polar surface area (TPSA) is 41.3 Å². The van der Waals surface area contributed by atoms with Crippen LogP contribution in [0.25, 0.3) is 0 Å². The molecule has 2 atom stereocenters. The normalized spacial score (nSPS) is 33.2. The third-order valence-corrected chi connectivity index (χ3v) is 4.47.